The van der Waals surface area contributed by atoms with Gasteiger partial charge in [0.05, 0.1) is 0 Å². The van der Waals surface area contributed by atoms with Crippen LogP contribution in [0.15, 0.2) is 22.3 Å². The van der Waals surface area contributed by atoms with Gasteiger partial charge in [-0.3, -0.25) is 4.79 Å². The van der Waals surface area contributed by atoms with Gasteiger partial charge in [-0.15, -0.1) is 0 Å². The van der Waals surface area contributed by atoms with Gasteiger partial charge < -0.3 is 0 Å². The zero-order valence-electron chi connectivity index (χ0n) is 11.8. The molecule has 0 radical (unpaired) electrons. The average Bonchev–Trinajstić information content (AvgIpc) is 2.49. The van der Waals surface area contributed by atoms with E-state index in [1.54, 1.807) is 22.3 Å². The van der Waals surface area contributed by atoms with Crippen LogP contribution in [0.5, 0.6) is 0 Å². The maximum Gasteiger partial charge on any atom is 0.133 e. The Morgan fingerprint density at radius 2 is 0.895 bits per heavy atom. The van der Waals surface area contributed by atoms with Crippen molar-refractivity contribution in [2.24, 2.45) is 0 Å². The Balaban J connectivity index is 1.62. The van der Waals surface area contributed by atoms with Gasteiger partial charge in [0, 0.05) is 12.8 Å². The van der Waals surface area contributed by atoms with E-state index in [9.17, 15) is 4.79 Å². The molecule has 0 N–H and O–H groups in total. The molecule has 0 atom stereocenters. The molecule has 19 heavy (non-hydrogen) atoms. The number of Topliss-reactive ketones (excluding diaryl/α,β-unsaturated/α-hetero) is 1. The van der Waals surface area contributed by atoms with E-state index in [0.29, 0.717) is 5.78 Å². The Morgan fingerprint density at radius 1 is 0.526 bits per heavy atom. The van der Waals surface area contributed by atoms with Gasteiger partial charge in [0.2, 0.25) is 0 Å². The van der Waals surface area contributed by atoms with Gasteiger partial charge in [-0.1, -0.05) is 22.3 Å². The second kappa shape index (κ2) is 6.30. The van der Waals surface area contributed by atoms with Crippen LogP contribution in [0.3, 0.4) is 0 Å². The van der Waals surface area contributed by atoms with Crippen molar-refractivity contribution in [3.8, 4) is 0 Å². The van der Waals surface area contributed by atoms with Crippen molar-refractivity contribution in [1.82, 2.24) is 0 Å². The zero-order valence-corrected chi connectivity index (χ0v) is 12.6. The summed E-state index contributed by atoms with van der Waals surface area (Å²) in [5.41, 5.74) is 6.93. The fraction of sp³-hybridized carbons (Fsp3) is 0.706. The van der Waals surface area contributed by atoms with Crippen LogP contribution in [0.25, 0.3) is 0 Å². The molecule has 3 aliphatic rings. The summed E-state index contributed by atoms with van der Waals surface area (Å²) in [5.74, 6) is 3.16. The highest BCUT2D eigenvalue weighted by Gasteiger charge is 2.21. The second-order valence-electron chi connectivity index (χ2n) is 6.07. The maximum absolute atomic E-state index is 11.3. The minimum atomic E-state index is 0.475. The molecule has 3 rings (SSSR count). The number of carbonyl (C=O) groups is 1. The lowest BCUT2D eigenvalue weighted by Gasteiger charge is -2.27. The SMILES string of the molecule is O=C1CCC(=C2CCC(=C3CCSCC3)CC2)CC1. The third-order valence-corrected chi connectivity index (χ3v) is 5.95. The molecule has 0 unspecified atom stereocenters. The summed E-state index contributed by atoms with van der Waals surface area (Å²) >= 11 is 2.11. The summed E-state index contributed by atoms with van der Waals surface area (Å²) < 4.78 is 0. The van der Waals surface area contributed by atoms with E-state index in [1.165, 1.54) is 50.0 Å². The van der Waals surface area contributed by atoms with Gasteiger partial charge in [0.15, 0.2) is 0 Å². The lowest BCUT2D eigenvalue weighted by Crippen LogP contribution is -2.11. The molecule has 0 aromatic heterocycles. The van der Waals surface area contributed by atoms with Crippen molar-refractivity contribution in [2.45, 2.75) is 64.2 Å². The van der Waals surface area contributed by atoms with Crippen LogP contribution in [0, 0.1) is 0 Å². The Bertz CT molecular complexity index is 399. The van der Waals surface area contributed by atoms with Gasteiger partial charge in [0.25, 0.3) is 0 Å². The van der Waals surface area contributed by atoms with E-state index in [-0.39, 0.29) is 0 Å². The van der Waals surface area contributed by atoms with Crippen LogP contribution in [-0.4, -0.2) is 17.3 Å². The predicted octanol–water partition coefficient (Wildman–Crippen LogP) is 4.82. The number of rotatable bonds is 0. The summed E-state index contributed by atoms with van der Waals surface area (Å²) in [6.45, 7) is 0. The Kier molecular flexibility index (Phi) is 4.47. The molecule has 0 bridgehead atoms. The number of hydrogen-bond donors (Lipinski definition) is 0. The molecule has 0 amide bonds. The molecule has 1 aliphatic heterocycles. The standard InChI is InChI=1S/C17H24OS/c18-17-7-5-15(6-8-17)13-1-3-14(4-2-13)16-9-11-19-12-10-16/h1-12H2. The van der Waals surface area contributed by atoms with Crippen LogP contribution >= 0.6 is 11.8 Å². The third kappa shape index (κ3) is 3.34. The fourth-order valence-electron chi connectivity index (χ4n) is 3.72. The number of ketones is 1. The molecular weight excluding hydrogens is 252 g/mol. The first-order chi connectivity index (χ1) is 9.33. The largest absolute Gasteiger partial charge is 0.300 e. The Labute approximate surface area is 120 Å². The van der Waals surface area contributed by atoms with E-state index in [2.05, 4.69) is 11.8 Å². The quantitative estimate of drug-likeness (QED) is 0.590. The summed E-state index contributed by atoms with van der Waals surface area (Å²) in [4.78, 5) is 11.3. The van der Waals surface area contributed by atoms with Crippen LogP contribution in [-0.2, 0) is 4.79 Å². The van der Waals surface area contributed by atoms with E-state index in [1.807, 2.05) is 0 Å². The lowest BCUT2D eigenvalue weighted by molar-refractivity contribution is -0.119. The molecule has 0 aromatic carbocycles. The lowest BCUT2D eigenvalue weighted by atomic mass is 9.80. The molecule has 1 heterocycles. The Hall–Kier alpha value is -0.500. The molecule has 0 aromatic rings. The van der Waals surface area contributed by atoms with E-state index in [0.717, 1.165) is 25.7 Å². The molecule has 1 saturated heterocycles. The summed E-state index contributed by atoms with van der Waals surface area (Å²) in [6.07, 6.45) is 11.6. The number of thioether (sulfide) groups is 1. The highest BCUT2D eigenvalue weighted by Crippen LogP contribution is 2.38. The number of allylic oxidation sites excluding steroid dienone is 4. The third-order valence-electron chi connectivity index (χ3n) is 4.96. The van der Waals surface area contributed by atoms with Gasteiger partial charge in [-0.25, -0.2) is 0 Å². The van der Waals surface area contributed by atoms with Gasteiger partial charge in [-0.05, 0) is 62.9 Å². The Morgan fingerprint density at radius 3 is 1.37 bits per heavy atom. The highest BCUT2D eigenvalue weighted by molar-refractivity contribution is 7.99. The zero-order chi connectivity index (χ0) is 13.1. The van der Waals surface area contributed by atoms with Gasteiger partial charge >= 0.3 is 0 Å². The molecule has 2 saturated carbocycles. The normalized spacial score (nSPS) is 26.0. The first-order valence-corrected chi connectivity index (χ1v) is 8.97. The molecule has 1 nitrogen and oxygen atoms in total. The molecule has 0 spiro atoms. The summed E-state index contributed by atoms with van der Waals surface area (Å²) in [5, 5.41) is 0. The van der Waals surface area contributed by atoms with Crippen LogP contribution < -0.4 is 0 Å². The van der Waals surface area contributed by atoms with Gasteiger partial charge in [0.1, 0.15) is 5.78 Å². The van der Waals surface area contributed by atoms with Crippen LogP contribution in [0.4, 0.5) is 0 Å². The minimum Gasteiger partial charge on any atom is -0.300 e. The molecule has 3 fully saturated rings. The monoisotopic (exact) mass is 276 g/mol. The smallest absolute Gasteiger partial charge is 0.133 e. The number of carbonyl (C=O) groups excluding carboxylic acids is 1. The van der Waals surface area contributed by atoms with Crippen LogP contribution in [0.1, 0.15) is 64.2 Å². The van der Waals surface area contributed by atoms with E-state index in [4.69, 9.17) is 0 Å². The molecule has 2 heteroatoms. The first-order valence-electron chi connectivity index (χ1n) is 7.82. The van der Waals surface area contributed by atoms with Crippen molar-refractivity contribution >= 4 is 17.5 Å². The van der Waals surface area contributed by atoms with E-state index >= 15 is 0 Å². The molecule has 104 valence electrons. The topological polar surface area (TPSA) is 17.1 Å². The first kappa shape index (κ1) is 13.5. The van der Waals surface area contributed by atoms with Crippen molar-refractivity contribution in [1.29, 1.82) is 0 Å². The molecule has 2 aliphatic carbocycles. The maximum atomic E-state index is 11.3. The van der Waals surface area contributed by atoms with Crippen molar-refractivity contribution in [2.75, 3.05) is 11.5 Å². The predicted molar refractivity (Wildman–Crippen MR) is 82.6 cm³/mol. The summed E-state index contributed by atoms with van der Waals surface area (Å²) in [7, 11) is 0. The second-order valence-corrected chi connectivity index (χ2v) is 7.29. The number of hydrogen-bond acceptors (Lipinski definition) is 2. The summed E-state index contributed by atoms with van der Waals surface area (Å²) in [6, 6.07) is 0. The molecular formula is C17H24OS. The van der Waals surface area contributed by atoms with Crippen molar-refractivity contribution in [3.05, 3.63) is 22.3 Å². The highest BCUT2D eigenvalue weighted by atomic mass is 32.2. The van der Waals surface area contributed by atoms with E-state index < -0.39 is 0 Å². The van der Waals surface area contributed by atoms with Gasteiger partial charge in [-0.2, -0.15) is 11.8 Å². The van der Waals surface area contributed by atoms with Crippen molar-refractivity contribution in [3.63, 3.8) is 0 Å². The minimum absolute atomic E-state index is 0.475. The van der Waals surface area contributed by atoms with Crippen molar-refractivity contribution < 1.29 is 4.79 Å². The fourth-order valence-corrected chi connectivity index (χ4v) is 4.70. The van der Waals surface area contributed by atoms with Crippen LogP contribution in [0.2, 0.25) is 0 Å². The average molecular weight is 276 g/mol.